The van der Waals surface area contributed by atoms with Gasteiger partial charge in [-0.05, 0) is 6.92 Å². The maximum Gasteiger partial charge on any atom is 0.373 e. The van der Waals surface area contributed by atoms with Crippen molar-refractivity contribution in [2.75, 3.05) is 13.2 Å². The second-order valence-corrected chi connectivity index (χ2v) is 2.98. The molecule has 14 heavy (non-hydrogen) atoms. The maximum absolute atomic E-state index is 11.1. The summed E-state index contributed by atoms with van der Waals surface area (Å²) in [5.74, 6) is -2.44. The molecule has 1 N–H and O–H groups in total. The molecule has 0 amide bonds. The standard InChI is InChI=1S/C9H12O5/c1-3-13-9(12)7(10)6-5(2)4-14-8(6)11/h5,10H,3-4H2,1-2H3/b7-6+. The molecule has 5 nitrogen and oxygen atoms in total. The summed E-state index contributed by atoms with van der Waals surface area (Å²) >= 11 is 0. The maximum atomic E-state index is 11.1. The summed E-state index contributed by atoms with van der Waals surface area (Å²) in [6.07, 6.45) is 0. The largest absolute Gasteiger partial charge is 0.501 e. The van der Waals surface area contributed by atoms with Crippen molar-refractivity contribution in [3.8, 4) is 0 Å². The van der Waals surface area contributed by atoms with Gasteiger partial charge in [-0.15, -0.1) is 0 Å². The Hall–Kier alpha value is -1.52. The van der Waals surface area contributed by atoms with Crippen LogP contribution in [-0.4, -0.2) is 30.3 Å². The van der Waals surface area contributed by atoms with E-state index in [9.17, 15) is 14.7 Å². The Morgan fingerprint density at radius 3 is 2.79 bits per heavy atom. The van der Waals surface area contributed by atoms with Gasteiger partial charge in [0.2, 0.25) is 5.76 Å². The zero-order valence-electron chi connectivity index (χ0n) is 8.07. The summed E-state index contributed by atoms with van der Waals surface area (Å²) in [5.41, 5.74) is 0.00319. The number of esters is 2. The van der Waals surface area contributed by atoms with Crippen molar-refractivity contribution in [2.45, 2.75) is 13.8 Å². The van der Waals surface area contributed by atoms with Crippen molar-refractivity contribution in [3.05, 3.63) is 11.3 Å². The van der Waals surface area contributed by atoms with Crippen LogP contribution < -0.4 is 0 Å². The molecular formula is C9H12O5. The molecule has 0 aromatic heterocycles. The zero-order valence-corrected chi connectivity index (χ0v) is 8.07. The third kappa shape index (κ3) is 1.86. The van der Waals surface area contributed by atoms with Crippen LogP contribution in [0.25, 0.3) is 0 Å². The first kappa shape index (κ1) is 10.6. The average molecular weight is 200 g/mol. The van der Waals surface area contributed by atoms with Crippen LogP contribution in [0.2, 0.25) is 0 Å². The lowest BCUT2D eigenvalue weighted by Gasteiger charge is -2.04. The van der Waals surface area contributed by atoms with Crippen LogP contribution >= 0.6 is 0 Å². The van der Waals surface area contributed by atoms with Crippen molar-refractivity contribution in [1.29, 1.82) is 0 Å². The highest BCUT2D eigenvalue weighted by atomic mass is 16.6. The highest BCUT2D eigenvalue weighted by Crippen LogP contribution is 2.23. The smallest absolute Gasteiger partial charge is 0.373 e. The first-order valence-electron chi connectivity index (χ1n) is 4.35. The third-order valence-electron chi connectivity index (χ3n) is 1.90. The van der Waals surface area contributed by atoms with E-state index in [0.717, 1.165) is 0 Å². The number of aliphatic hydroxyl groups excluding tert-OH is 1. The highest BCUT2D eigenvalue weighted by molar-refractivity contribution is 6.00. The molecule has 0 aromatic rings. The van der Waals surface area contributed by atoms with E-state index >= 15 is 0 Å². The molecular weight excluding hydrogens is 188 g/mol. The minimum absolute atomic E-state index is 0.00319. The fraction of sp³-hybridized carbons (Fsp3) is 0.556. The lowest BCUT2D eigenvalue weighted by molar-refractivity contribution is -0.143. The molecule has 1 fully saturated rings. The van der Waals surface area contributed by atoms with Gasteiger partial charge in [0, 0.05) is 5.92 Å². The Bertz CT molecular complexity index is 292. The third-order valence-corrected chi connectivity index (χ3v) is 1.90. The van der Waals surface area contributed by atoms with Gasteiger partial charge < -0.3 is 14.6 Å². The van der Waals surface area contributed by atoms with Crippen LogP contribution in [-0.2, 0) is 19.1 Å². The Labute approximate surface area is 81.3 Å². The lowest BCUT2D eigenvalue weighted by Crippen LogP contribution is -2.14. The molecule has 1 aliphatic heterocycles. The van der Waals surface area contributed by atoms with Gasteiger partial charge in [-0.2, -0.15) is 0 Å². The van der Waals surface area contributed by atoms with Crippen LogP contribution in [0, 0.1) is 5.92 Å². The molecule has 5 heteroatoms. The molecule has 1 rings (SSSR count). The second kappa shape index (κ2) is 4.13. The molecule has 1 heterocycles. The van der Waals surface area contributed by atoms with Crippen LogP contribution in [0.1, 0.15) is 13.8 Å². The molecule has 1 unspecified atom stereocenters. The van der Waals surface area contributed by atoms with E-state index in [1.807, 2.05) is 0 Å². The van der Waals surface area contributed by atoms with Crippen molar-refractivity contribution in [2.24, 2.45) is 5.92 Å². The first-order valence-corrected chi connectivity index (χ1v) is 4.35. The van der Waals surface area contributed by atoms with E-state index < -0.39 is 17.7 Å². The topological polar surface area (TPSA) is 72.8 Å². The van der Waals surface area contributed by atoms with Crippen molar-refractivity contribution in [3.63, 3.8) is 0 Å². The Balaban J connectivity index is 2.91. The van der Waals surface area contributed by atoms with Crippen molar-refractivity contribution < 1.29 is 24.2 Å². The second-order valence-electron chi connectivity index (χ2n) is 2.98. The van der Waals surface area contributed by atoms with Crippen molar-refractivity contribution in [1.82, 2.24) is 0 Å². The molecule has 1 atom stereocenters. The molecule has 0 radical (unpaired) electrons. The van der Waals surface area contributed by atoms with Crippen molar-refractivity contribution >= 4 is 11.9 Å². The van der Waals surface area contributed by atoms with E-state index in [0.29, 0.717) is 0 Å². The van der Waals surface area contributed by atoms with E-state index in [-0.39, 0.29) is 24.7 Å². The molecule has 0 bridgehead atoms. The Morgan fingerprint density at radius 2 is 2.36 bits per heavy atom. The molecule has 0 spiro atoms. The number of carbonyl (C=O) groups is 2. The highest BCUT2D eigenvalue weighted by Gasteiger charge is 2.33. The minimum atomic E-state index is -0.881. The summed E-state index contributed by atoms with van der Waals surface area (Å²) < 4.78 is 9.22. The summed E-state index contributed by atoms with van der Waals surface area (Å²) in [5, 5.41) is 9.39. The lowest BCUT2D eigenvalue weighted by atomic mass is 10.0. The van der Waals surface area contributed by atoms with Gasteiger partial charge in [0.1, 0.15) is 0 Å². The summed E-state index contributed by atoms with van der Waals surface area (Å²) in [6.45, 7) is 3.65. The van der Waals surface area contributed by atoms with Gasteiger partial charge in [0.05, 0.1) is 18.8 Å². The van der Waals surface area contributed by atoms with Crippen LogP contribution in [0.5, 0.6) is 0 Å². The quantitative estimate of drug-likeness (QED) is 0.400. The predicted molar refractivity (Wildman–Crippen MR) is 46.4 cm³/mol. The minimum Gasteiger partial charge on any atom is -0.501 e. The monoisotopic (exact) mass is 200 g/mol. The van der Waals surface area contributed by atoms with Crippen LogP contribution in [0.3, 0.4) is 0 Å². The zero-order chi connectivity index (χ0) is 10.7. The number of ether oxygens (including phenoxy) is 2. The molecule has 78 valence electrons. The Morgan fingerprint density at radius 1 is 1.71 bits per heavy atom. The summed E-state index contributed by atoms with van der Waals surface area (Å²) in [7, 11) is 0. The number of cyclic esters (lactones) is 1. The average Bonchev–Trinajstić information content (AvgIpc) is 2.46. The van der Waals surface area contributed by atoms with Gasteiger partial charge in [0.15, 0.2) is 0 Å². The predicted octanol–water partition coefficient (Wildman–Crippen LogP) is 0.555. The van der Waals surface area contributed by atoms with E-state index in [2.05, 4.69) is 9.47 Å². The fourth-order valence-corrected chi connectivity index (χ4v) is 1.20. The van der Waals surface area contributed by atoms with E-state index in [1.165, 1.54) is 0 Å². The van der Waals surface area contributed by atoms with Gasteiger partial charge in [-0.1, -0.05) is 6.92 Å². The SMILES string of the molecule is CCOC(=O)/C(O)=C1\C(=O)OCC1C. The van der Waals surface area contributed by atoms with E-state index in [1.54, 1.807) is 13.8 Å². The number of aliphatic hydroxyl groups is 1. The molecule has 1 saturated heterocycles. The van der Waals surface area contributed by atoms with Gasteiger partial charge in [-0.25, -0.2) is 9.59 Å². The summed E-state index contributed by atoms with van der Waals surface area (Å²) in [4.78, 5) is 22.2. The number of hydrogen-bond acceptors (Lipinski definition) is 5. The van der Waals surface area contributed by atoms with Gasteiger partial charge >= 0.3 is 11.9 Å². The number of carbonyl (C=O) groups excluding carboxylic acids is 2. The number of rotatable bonds is 2. The normalized spacial score (nSPS) is 24.4. The first-order chi connectivity index (χ1) is 6.57. The van der Waals surface area contributed by atoms with Gasteiger partial charge in [0.25, 0.3) is 0 Å². The number of hydrogen-bond donors (Lipinski definition) is 1. The van der Waals surface area contributed by atoms with Gasteiger partial charge in [-0.3, -0.25) is 0 Å². The Kier molecular flexibility index (Phi) is 3.11. The fourth-order valence-electron chi connectivity index (χ4n) is 1.20. The molecule has 0 aromatic carbocycles. The molecule has 1 aliphatic rings. The van der Waals surface area contributed by atoms with Crippen LogP contribution in [0.4, 0.5) is 0 Å². The molecule has 0 saturated carbocycles. The van der Waals surface area contributed by atoms with E-state index in [4.69, 9.17) is 0 Å². The summed E-state index contributed by atoms with van der Waals surface area (Å²) in [6, 6.07) is 0. The molecule has 0 aliphatic carbocycles. The van der Waals surface area contributed by atoms with Crippen LogP contribution in [0.15, 0.2) is 11.3 Å².